The number of carbonyl (C=O) groups excluding carboxylic acids is 2. The van der Waals surface area contributed by atoms with E-state index in [1.165, 1.54) is 17.0 Å². The van der Waals surface area contributed by atoms with Crippen LogP contribution in [0.2, 0.25) is 0 Å². The van der Waals surface area contributed by atoms with Gasteiger partial charge in [0.2, 0.25) is 5.91 Å². The Balaban J connectivity index is 1.65. The second-order valence-corrected chi connectivity index (χ2v) is 9.79. The zero-order chi connectivity index (χ0) is 28.4. The van der Waals surface area contributed by atoms with Gasteiger partial charge >= 0.3 is 5.97 Å². The fraction of sp³-hybridized carbons (Fsp3) is 0.258. The lowest BCUT2D eigenvalue weighted by Gasteiger charge is -2.35. The summed E-state index contributed by atoms with van der Waals surface area (Å²) in [5.41, 5.74) is 3.65. The summed E-state index contributed by atoms with van der Waals surface area (Å²) in [6.45, 7) is 0. The first-order chi connectivity index (χ1) is 19.3. The van der Waals surface area contributed by atoms with Gasteiger partial charge in [0, 0.05) is 24.1 Å². The van der Waals surface area contributed by atoms with E-state index in [4.69, 9.17) is 9.47 Å². The number of fused-ring (bicyclic) bond motifs is 1. The van der Waals surface area contributed by atoms with Crippen LogP contribution >= 0.6 is 0 Å². The van der Waals surface area contributed by atoms with Crippen molar-refractivity contribution in [3.8, 4) is 11.5 Å². The molecular formula is C31H29FN2O6. The van der Waals surface area contributed by atoms with E-state index in [1.807, 2.05) is 30.3 Å². The number of hydrogen-bond acceptors (Lipinski definition) is 6. The topological polar surface area (TPSA) is 105 Å². The summed E-state index contributed by atoms with van der Waals surface area (Å²) in [5.74, 6) is -1.18. The van der Waals surface area contributed by atoms with Crippen molar-refractivity contribution in [1.29, 1.82) is 0 Å². The van der Waals surface area contributed by atoms with E-state index in [1.54, 1.807) is 38.5 Å². The van der Waals surface area contributed by atoms with Crippen molar-refractivity contribution in [1.82, 2.24) is 0 Å². The Kier molecular flexibility index (Phi) is 7.55. The first-order valence-corrected chi connectivity index (χ1v) is 12.9. The number of Topliss-reactive ketones (excluding diaryl/α,β-unsaturated/α-hetero) is 1. The largest absolute Gasteiger partial charge is 0.493 e. The number of carboxylic acid groups (broad SMARTS) is 1. The Hall–Kier alpha value is -4.66. The molecule has 0 fully saturated rings. The van der Waals surface area contributed by atoms with Gasteiger partial charge in [-0.05, 0) is 59.9 Å². The van der Waals surface area contributed by atoms with Crippen LogP contribution in [-0.2, 0) is 14.4 Å². The van der Waals surface area contributed by atoms with E-state index in [0.717, 1.165) is 5.56 Å². The number of ketones is 1. The number of nitrogens with one attached hydrogen (secondary N) is 1. The van der Waals surface area contributed by atoms with Crippen LogP contribution < -0.4 is 19.7 Å². The third kappa shape index (κ3) is 5.14. The lowest BCUT2D eigenvalue weighted by Crippen LogP contribution is -2.38. The Morgan fingerprint density at radius 3 is 2.35 bits per heavy atom. The predicted octanol–water partition coefficient (Wildman–Crippen LogP) is 5.61. The molecule has 1 amide bonds. The van der Waals surface area contributed by atoms with E-state index in [2.05, 4.69) is 5.32 Å². The molecule has 2 N–H and O–H groups in total. The minimum Gasteiger partial charge on any atom is -0.493 e. The van der Waals surface area contributed by atoms with E-state index in [9.17, 15) is 23.9 Å². The summed E-state index contributed by atoms with van der Waals surface area (Å²) < 4.78 is 24.8. The van der Waals surface area contributed by atoms with Crippen LogP contribution in [-0.4, -0.2) is 37.0 Å². The predicted molar refractivity (Wildman–Crippen MR) is 147 cm³/mol. The highest BCUT2D eigenvalue weighted by atomic mass is 19.1. The van der Waals surface area contributed by atoms with Gasteiger partial charge in [-0.3, -0.25) is 19.3 Å². The van der Waals surface area contributed by atoms with Crippen LogP contribution in [0.1, 0.15) is 48.8 Å². The molecule has 3 aromatic rings. The van der Waals surface area contributed by atoms with Crippen LogP contribution in [0.3, 0.4) is 0 Å². The SMILES string of the molecule is COc1ccc([C@H]2CC(=O)C3=C(C2)Nc2ccccc2N(C(=O)CCC(=O)O)[C@H]3c2ccc(F)cc2)cc1OC. The van der Waals surface area contributed by atoms with Crippen molar-refractivity contribution in [2.75, 3.05) is 24.4 Å². The quantitative estimate of drug-likeness (QED) is 0.398. The molecule has 3 aromatic carbocycles. The second-order valence-electron chi connectivity index (χ2n) is 9.79. The highest BCUT2D eigenvalue weighted by Crippen LogP contribution is 2.48. The Labute approximate surface area is 231 Å². The highest BCUT2D eigenvalue weighted by molar-refractivity contribution is 6.06. The molecule has 0 aromatic heterocycles. The third-order valence-electron chi connectivity index (χ3n) is 7.37. The molecule has 2 aliphatic rings. The Bertz CT molecular complexity index is 1500. The van der Waals surface area contributed by atoms with Gasteiger partial charge in [0.15, 0.2) is 17.3 Å². The average Bonchev–Trinajstić information content (AvgIpc) is 3.10. The first-order valence-electron chi connectivity index (χ1n) is 12.9. The number of hydrogen-bond donors (Lipinski definition) is 2. The maximum absolute atomic E-state index is 14.0. The van der Waals surface area contributed by atoms with Crippen molar-refractivity contribution in [3.63, 3.8) is 0 Å². The van der Waals surface area contributed by atoms with Gasteiger partial charge < -0.3 is 19.9 Å². The number of allylic oxidation sites excluding steroid dienone is 1. The van der Waals surface area contributed by atoms with Crippen molar-refractivity contribution < 1.29 is 33.4 Å². The van der Waals surface area contributed by atoms with Gasteiger partial charge in [0.1, 0.15) is 5.82 Å². The van der Waals surface area contributed by atoms with Crippen molar-refractivity contribution >= 4 is 29.0 Å². The van der Waals surface area contributed by atoms with Crippen LogP contribution in [0.5, 0.6) is 11.5 Å². The number of nitrogens with zero attached hydrogens (tertiary/aromatic N) is 1. The number of amides is 1. The molecule has 0 bridgehead atoms. The molecule has 9 heteroatoms. The van der Waals surface area contributed by atoms with Gasteiger partial charge in [0.25, 0.3) is 0 Å². The van der Waals surface area contributed by atoms with Crippen molar-refractivity contribution in [3.05, 3.63) is 94.9 Å². The lowest BCUT2D eigenvalue weighted by molar-refractivity contribution is -0.138. The summed E-state index contributed by atoms with van der Waals surface area (Å²) in [5, 5.41) is 12.7. The zero-order valence-electron chi connectivity index (χ0n) is 22.1. The summed E-state index contributed by atoms with van der Waals surface area (Å²) in [6.07, 6.45) is 0.0374. The van der Waals surface area contributed by atoms with Crippen LogP contribution in [0.15, 0.2) is 78.0 Å². The number of methoxy groups -OCH3 is 2. The maximum atomic E-state index is 14.0. The number of carboxylic acids is 1. The van der Waals surface area contributed by atoms with E-state index >= 15 is 0 Å². The molecule has 0 saturated carbocycles. The van der Waals surface area contributed by atoms with Gasteiger partial charge in [-0.2, -0.15) is 0 Å². The lowest BCUT2D eigenvalue weighted by atomic mass is 9.78. The molecule has 0 unspecified atom stereocenters. The summed E-state index contributed by atoms with van der Waals surface area (Å²) in [6, 6.07) is 17.6. The normalized spacial score (nSPS) is 18.3. The monoisotopic (exact) mass is 544 g/mol. The summed E-state index contributed by atoms with van der Waals surface area (Å²) in [4.78, 5) is 40.5. The fourth-order valence-electron chi connectivity index (χ4n) is 5.50. The Morgan fingerprint density at radius 1 is 0.950 bits per heavy atom. The van der Waals surface area contributed by atoms with Crippen LogP contribution in [0.25, 0.3) is 0 Å². The second kappa shape index (κ2) is 11.2. The number of benzene rings is 3. The molecule has 206 valence electrons. The number of anilines is 2. The molecule has 2 atom stereocenters. The summed E-state index contributed by atoms with van der Waals surface area (Å²) in [7, 11) is 3.12. The van der Waals surface area contributed by atoms with E-state index < -0.39 is 23.7 Å². The molecule has 0 saturated heterocycles. The fourth-order valence-corrected chi connectivity index (χ4v) is 5.50. The van der Waals surface area contributed by atoms with Crippen LogP contribution in [0.4, 0.5) is 15.8 Å². The van der Waals surface area contributed by atoms with Gasteiger partial charge in [-0.15, -0.1) is 0 Å². The summed E-state index contributed by atoms with van der Waals surface area (Å²) >= 11 is 0. The molecule has 0 spiro atoms. The maximum Gasteiger partial charge on any atom is 0.303 e. The molecule has 1 heterocycles. The van der Waals surface area contributed by atoms with E-state index in [-0.39, 0.29) is 31.0 Å². The first kappa shape index (κ1) is 26.9. The standard InChI is InChI=1S/C31H29FN2O6/c1-39-26-12-9-19(17-27(26)40-2)20-15-23-30(25(35)16-20)31(18-7-10-21(32)11-8-18)34(28(36)13-14-29(37)38)24-6-4-3-5-22(24)33-23/h3-12,17,20,31,33H,13-16H2,1-2H3,(H,37,38)/t20-,31+/m1/s1. The number of rotatable bonds is 7. The number of para-hydroxylation sites is 2. The van der Waals surface area contributed by atoms with Gasteiger partial charge in [0.05, 0.1) is 38.1 Å². The smallest absolute Gasteiger partial charge is 0.303 e. The molecule has 0 radical (unpaired) electrons. The minimum absolute atomic E-state index is 0.160. The van der Waals surface area contributed by atoms with Crippen molar-refractivity contribution in [2.45, 2.75) is 37.6 Å². The van der Waals surface area contributed by atoms with Gasteiger partial charge in [-0.25, -0.2) is 4.39 Å². The molecular weight excluding hydrogens is 515 g/mol. The number of halogens is 1. The zero-order valence-corrected chi connectivity index (χ0v) is 22.1. The third-order valence-corrected chi connectivity index (χ3v) is 7.37. The molecule has 5 rings (SSSR count). The highest BCUT2D eigenvalue weighted by Gasteiger charge is 2.41. The molecule has 1 aliphatic heterocycles. The number of carbonyl (C=O) groups is 3. The van der Waals surface area contributed by atoms with E-state index in [0.29, 0.717) is 46.1 Å². The molecule has 1 aliphatic carbocycles. The number of aliphatic carboxylic acids is 1. The van der Waals surface area contributed by atoms with Gasteiger partial charge in [-0.1, -0.05) is 30.3 Å². The Morgan fingerprint density at radius 2 is 1.65 bits per heavy atom. The molecule has 40 heavy (non-hydrogen) atoms. The van der Waals surface area contributed by atoms with Crippen molar-refractivity contribution in [2.24, 2.45) is 0 Å². The number of ether oxygens (including phenoxy) is 2. The average molecular weight is 545 g/mol. The minimum atomic E-state index is -1.10. The van der Waals surface area contributed by atoms with Crippen LogP contribution in [0, 0.1) is 5.82 Å². The molecule has 8 nitrogen and oxygen atoms in total.